The summed E-state index contributed by atoms with van der Waals surface area (Å²) in [6.07, 6.45) is 1.76. The summed E-state index contributed by atoms with van der Waals surface area (Å²) in [5.41, 5.74) is 2.19. The quantitative estimate of drug-likeness (QED) is 0.445. The van der Waals surface area contributed by atoms with Crippen molar-refractivity contribution in [3.63, 3.8) is 0 Å². The minimum Gasteiger partial charge on any atom is -0.581 e. The number of aryl methyl sites for hydroxylation is 2. The summed E-state index contributed by atoms with van der Waals surface area (Å²) >= 11 is 0. The topological polar surface area (TPSA) is 27.0 Å². The molecule has 0 fully saturated rings. The fraction of sp³-hybridized carbons (Fsp3) is 0.571. The molecule has 0 saturated carbocycles. The van der Waals surface area contributed by atoms with E-state index in [0.29, 0.717) is 0 Å². The summed E-state index contributed by atoms with van der Waals surface area (Å²) in [5.74, 6) is 0. The molecule has 0 radical (unpaired) electrons. The summed E-state index contributed by atoms with van der Waals surface area (Å²) in [4.78, 5) is 0. The maximum Gasteiger partial charge on any atom is 1.00 e. The third kappa shape index (κ3) is 4.63. The Labute approximate surface area is 105 Å². The van der Waals surface area contributed by atoms with Crippen LogP contribution >= 0.6 is 0 Å². The summed E-state index contributed by atoms with van der Waals surface area (Å²) in [6.45, 7) is 7.94. The zero-order chi connectivity index (χ0) is 7.28. The van der Waals surface area contributed by atoms with Gasteiger partial charge in [0.1, 0.15) is 0 Å². The van der Waals surface area contributed by atoms with Gasteiger partial charge in [-0.2, -0.15) is 6.20 Å². The fourth-order valence-electron chi connectivity index (χ4n) is 0.374. The summed E-state index contributed by atoms with van der Waals surface area (Å²) < 4.78 is 0. The first-order valence-corrected chi connectivity index (χ1v) is 3.22. The molecule has 0 aliphatic heterocycles. The van der Waals surface area contributed by atoms with E-state index in [1.165, 1.54) is 5.56 Å². The van der Waals surface area contributed by atoms with Gasteiger partial charge in [-0.25, -0.2) is 0 Å². The normalized spacial score (nSPS) is 7.20. The van der Waals surface area contributed by atoms with Gasteiger partial charge in [-0.15, -0.1) is 0 Å². The molecule has 1 aromatic heterocycles. The minimum absolute atomic E-state index is 0. The predicted octanol–water partition coefficient (Wildman–Crippen LogP) is -1.31. The van der Waals surface area contributed by atoms with Crippen molar-refractivity contribution >= 4 is 0 Å². The van der Waals surface area contributed by atoms with Gasteiger partial charge >= 0.3 is 51.4 Å². The largest absolute Gasteiger partial charge is 1.00 e. The third-order valence-corrected chi connectivity index (χ3v) is 1.03. The Morgan fingerprint density at radius 3 is 1.90 bits per heavy atom. The third-order valence-electron chi connectivity index (χ3n) is 1.03. The summed E-state index contributed by atoms with van der Waals surface area (Å²) in [7, 11) is 0. The number of nitrogens with zero attached hydrogens (tertiary/aromatic N) is 2. The van der Waals surface area contributed by atoms with Gasteiger partial charge < -0.3 is 10.2 Å². The van der Waals surface area contributed by atoms with Crippen LogP contribution in [0.5, 0.6) is 0 Å². The van der Waals surface area contributed by atoms with Crippen LogP contribution in [0.1, 0.15) is 25.1 Å². The molecule has 0 aromatic carbocycles. The van der Waals surface area contributed by atoms with E-state index in [9.17, 15) is 0 Å². The Kier molecular flexibility index (Phi) is 10.7. The van der Waals surface area contributed by atoms with Crippen LogP contribution in [0.3, 0.4) is 0 Å². The van der Waals surface area contributed by atoms with Crippen molar-refractivity contribution in [2.24, 2.45) is 0 Å². The first-order chi connectivity index (χ1) is 4.30. The van der Waals surface area contributed by atoms with Crippen molar-refractivity contribution in [1.29, 1.82) is 0 Å². The van der Waals surface area contributed by atoms with Crippen LogP contribution in [0.2, 0.25) is 0 Å². The van der Waals surface area contributed by atoms with Crippen molar-refractivity contribution < 1.29 is 51.4 Å². The second-order valence-corrected chi connectivity index (χ2v) is 1.61. The van der Waals surface area contributed by atoms with E-state index in [1.54, 1.807) is 6.20 Å². The number of aromatic nitrogens is 2. The van der Waals surface area contributed by atoms with E-state index < -0.39 is 0 Å². The molecule has 0 spiro atoms. The molecule has 2 nitrogen and oxygen atoms in total. The molecule has 1 heterocycles. The zero-order valence-electron chi connectivity index (χ0n) is 7.47. The van der Waals surface area contributed by atoms with Crippen LogP contribution in [-0.4, -0.2) is 5.10 Å². The van der Waals surface area contributed by atoms with Crippen LogP contribution in [0.4, 0.5) is 0 Å². The van der Waals surface area contributed by atoms with Crippen LogP contribution in [0, 0.1) is 13.8 Å². The van der Waals surface area contributed by atoms with Gasteiger partial charge in [-0.05, 0) is 13.8 Å². The molecule has 0 aliphatic carbocycles. The zero-order valence-corrected chi connectivity index (χ0v) is 10.6. The van der Waals surface area contributed by atoms with E-state index in [-0.39, 0.29) is 51.4 Å². The van der Waals surface area contributed by atoms with Crippen LogP contribution in [0.25, 0.3) is 0 Å². The van der Waals surface area contributed by atoms with Gasteiger partial charge in [0.2, 0.25) is 0 Å². The minimum atomic E-state index is 0. The molecule has 0 atom stereocenters. The maximum atomic E-state index is 3.77. The first kappa shape index (κ1) is 13.4. The molecule has 1 aromatic rings. The summed E-state index contributed by atoms with van der Waals surface area (Å²) in [5, 5.41) is 7.44. The fourth-order valence-corrected chi connectivity index (χ4v) is 0.374. The molecule has 10 heavy (non-hydrogen) atoms. The van der Waals surface area contributed by atoms with Crippen molar-refractivity contribution in [3.05, 3.63) is 17.5 Å². The first-order valence-electron chi connectivity index (χ1n) is 3.22. The van der Waals surface area contributed by atoms with Gasteiger partial charge in [0, 0.05) is 5.69 Å². The maximum absolute atomic E-state index is 3.77. The van der Waals surface area contributed by atoms with Gasteiger partial charge in [-0.1, -0.05) is 19.4 Å². The predicted molar refractivity (Wildman–Crippen MR) is 38.4 cm³/mol. The van der Waals surface area contributed by atoms with Gasteiger partial charge in [0.25, 0.3) is 0 Å². The second-order valence-electron chi connectivity index (χ2n) is 1.61. The molecule has 0 bridgehead atoms. The second kappa shape index (κ2) is 7.95. The average Bonchev–Trinajstić information content (AvgIpc) is 2.23. The van der Waals surface area contributed by atoms with Crippen molar-refractivity contribution in [1.82, 2.24) is 10.2 Å². The van der Waals surface area contributed by atoms with E-state index in [4.69, 9.17) is 0 Å². The molecule has 3 heteroatoms. The molecule has 0 unspecified atom stereocenters. The van der Waals surface area contributed by atoms with E-state index in [1.807, 2.05) is 27.7 Å². The molecule has 52 valence electrons. The van der Waals surface area contributed by atoms with E-state index in [0.717, 1.165) is 5.69 Å². The Hall–Kier alpha value is 0.846. The molecule has 0 aliphatic rings. The molecule has 1 rings (SSSR count). The van der Waals surface area contributed by atoms with Crippen molar-refractivity contribution in [2.45, 2.75) is 27.7 Å². The smallest absolute Gasteiger partial charge is 0.581 e. The Morgan fingerprint density at radius 2 is 1.80 bits per heavy atom. The molecule has 0 amide bonds. The number of rotatable bonds is 0. The van der Waals surface area contributed by atoms with Crippen molar-refractivity contribution in [3.8, 4) is 0 Å². The van der Waals surface area contributed by atoms with Crippen molar-refractivity contribution in [2.75, 3.05) is 0 Å². The molecule has 0 N–H and O–H groups in total. The standard InChI is InChI=1S/C5H7N2.C2H6.K/c1-4-3-6-7-5(4)2;1-2;/h3H,1-2H3;1-2H3;/q-1;;+1. The number of hydrogen-bond acceptors (Lipinski definition) is 1. The van der Waals surface area contributed by atoms with Crippen LogP contribution < -0.4 is 56.5 Å². The van der Waals surface area contributed by atoms with Gasteiger partial charge in [0.05, 0.1) is 0 Å². The van der Waals surface area contributed by atoms with E-state index >= 15 is 0 Å². The van der Waals surface area contributed by atoms with Crippen LogP contribution in [-0.2, 0) is 0 Å². The van der Waals surface area contributed by atoms with Gasteiger partial charge in [0.15, 0.2) is 0 Å². The van der Waals surface area contributed by atoms with Crippen LogP contribution in [0.15, 0.2) is 6.20 Å². The average molecular weight is 164 g/mol. The van der Waals surface area contributed by atoms with E-state index in [2.05, 4.69) is 10.2 Å². The Bertz CT molecular complexity index is 144. The molecule has 0 saturated heterocycles. The Balaban J connectivity index is 0. The molecular formula is C7H13KN2. The number of hydrogen-bond donors (Lipinski definition) is 0. The SMILES string of the molecule is CC.Cc1c[n-]nc1C.[K+]. The Morgan fingerprint density at radius 1 is 1.30 bits per heavy atom. The monoisotopic (exact) mass is 164 g/mol. The molecular weight excluding hydrogens is 151 g/mol. The van der Waals surface area contributed by atoms with Gasteiger partial charge in [-0.3, -0.25) is 0 Å². The summed E-state index contributed by atoms with van der Waals surface area (Å²) in [6, 6.07) is 0.